The molecule has 0 spiro atoms. The molecule has 0 aliphatic carbocycles. The Kier molecular flexibility index (Phi) is 7.66. The fourth-order valence-electron chi connectivity index (χ4n) is 3.49. The van der Waals surface area contributed by atoms with Crippen LogP contribution in [0.1, 0.15) is 22.3 Å². The minimum Gasteiger partial charge on any atom is -0.493 e. The molecule has 0 unspecified atom stereocenters. The van der Waals surface area contributed by atoms with Crippen LogP contribution in [-0.2, 0) is 17.9 Å². The fourth-order valence-corrected chi connectivity index (χ4v) is 5.12. The summed E-state index contributed by atoms with van der Waals surface area (Å²) in [6, 6.07) is 18.7. The summed E-state index contributed by atoms with van der Waals surface area (Å²) < 4.78 is 12.3. The van der Waals surface area contributed by atoms with Gasteiger partial charge in [-0.2, -0.15) is 0 Å². The molecule has 0 saturated carbocycles. The lowest BCUT2D eigenvalue weighted by Gasteiger charge is -2.15. The third-order valence-corrected chi connectivity index (χ3v) is 7.02. The summed E-state index contributed by atoms with van der Waals surface area (Å²) in [4.78, 5) is 27.0. The van der Waals surface area contributed by atoms with Crippen molar-refractivity contribution in [2.45, 2.75) is 20.1 Å². The van der Waals surface area contributed by atoms with Gasteiger partial charge in [-0.15, -0.1) is 0 Å². The van der Waals surface area contributed by atoms with E-state index >= 15 is 0 Å². The zero-order valence-corrected chi connectivity index (χ0v) is 21.7. The third kappa shape index (κ3) is 5.49. The summed E-state index contributed by atoms with van der Waals surface area (Å²) in [7, 11) is 1.56. The van der Waals surface area contributed by atoms with Crippen molar-refractivity contribution in [2.24, 2.45) is 0 Å². The average molecular weight is 559 g/mol. The van der Waals surface area contributed by atoms with Crippen molar-refractivity contribution in [2.75, 3.05) is 7.11 Å². The molecule has 1 fully saturated rings. The lowest BCUT2D eigenvalue weighted by molar-refractivity contribution is -0.123. The number of hydrogen-bond donors (Lipinski definition) is 0. The number of ether oxygens (including phenoxy) is 2. The number of amides is 2. The van der Waals surface area contributed by atoms with E-state index in [1.54, 1.807) is 37.5 Å². The molecule has 2 amide bonds. The van der Waals surface area contributed by atoms with Crippen LogP contribution in [0.3, 0.4) is 0 Å². The van der Waals surface area contributed by atoms with E-state index in [1.807, 2.05) is 43.3 Å². The van der Waals surface area contributed by atoms with Gasteiger partial charge in [0.15, 0.2) is 11.5 Å². The van der Waals surface area contributed by atoms with E-state index in [1.165, 1.54) is 4.90 Å². The summed E-state index contributed by atoms with van der Waals surface area (Å²) >= 11 is 10.5. The first-order valence-corrected chi connectivity index (χ1v) is 12.4. The van der Waals surface area contributed by atoms with Gasteiger partial charge in [0, 0.05) is 5.02 Å². The molecule has 0 N–H and O–H groups in total. The van der Waals surface area contributed by atoms with E-state index in [9.17, 15) is 9.59 Å². The van der Waals surface area contributed by atoms with Gasteiger partial charge >= 0.3 is 0 Å². The second kappa shape index (κ2) is 10.7. The molecular weight excluding hydrogens is 538 g/mol. The number of imide groups is 1. The Hall–Kier alpha value is -2.74. The van der Waals surface area contributed by atoms with Crippen LogP contribution >= 0.6 is 39.3 Å². The molecule has 0 radical (unpaired) electrons. The first-order valence-electron chi connectivity index (χ1n) is 10.4. The average Bonchev–Trinajstić information content (AvgIpc) is 3.06. The predicted octanol–water partition coefficient (Wildman–Crippen LogP) is 7.24. The van der Waals surface area contributed by atoms with Crippen molar-refractivity contribution < 1.29 is 19.1 Å². The zero-order valence-electron chi connectivity index (χ0n) is 18.5. The van der Waals surface area contributed by atoms with Crippen LogP contribution in [0.15, 0.2) is 70.0 Å². The molecular formula is C26H21BrClNO4S. The molecule has 0 atom stereocenters. The Morgan fingerprint density at radius 3 is 2.62 bits per heavy atom. The van der Waals surface area contributed by atoms with Crippen LogP contribution in [0.5, 0.6) is 11.5 Å². The zero-order chi connectivity index (χ0) is 24.2. The minimum absolute atomic E-state index is 0.168. The number of methoxy groups -OCH3 is 1. The molecule has 1 saturated heterocycles. The number of hydrogen-bond acceptors (Lipinski definition) is 5. The largest absolute Gasteiger partial charge is 0.493 e. The first kappa shape index (κ1) is 24.4. The summed E-state index contributed by atoms with van der Waals surface area (Å²) in [5.74, 6) is 0.745. The van der Waals surface area contributed by atoms with Crippen LogP contribution in [0.4, 0.5) is 4.79 Å². The van der Waals surface area contributed by atoms with Gasteiger partial charge in [-0.25, -0.2) is 0 Å². The Balaban J connectivity index is 1.54. The number of carbonyl (C=O) groups excluding carboxylic acids is 2. The van der Waals surface area contributed by atoms with Crippen molar-refractivity contribution in [3.8, 4) is 11.5 Å². The Morgan fingerprint density at radius 1 is 1.09 bits per heavy atom. The van der Waals surface area contributed by atoms with E-state index in [0.717, 1.165) is 28.5 Å². The highest BCUT2D eigenvalue weighted by molar-refractivity contribution is 9.10. The molecule has 8 heteroatoms. The summed E-state index contributed by atoms with van der Waals surface area (Å²) in [6.45, 7) is 2.60. The molecule has 34 heavy (non-hydrogen) atoms. The van der Waals surface area contributed by atoms with Gasteiger partial charge in [0.25, 0.3) is 11.1 Å². The van der Waals surface area contributed by atoms with Crippen molar-refractivity contribution >= 4 is 56.5 Å². The van der Waals surface area contributed by atoms with E-state index in [-0.39, 0.29) is 17.7 Å². The number of nitrogens with zero attached hydrogens (tertiary/aromatic N) is 1. The highest BCUT2D eigenvalue weighted by Crippen LogP contribution is 2.40. The van der Waals surface area contributed by atoms with Gasteiger partial charge < -0.3 is 9.47 Å². The molecule has 5 nitrogen and oxygen atoms in total. The summed E-state index contributed by atoms with van der Waals surface area (Å²) in [5, 5.41) is 0.238. The van der Waals surface area contributed by atoms with Crippen molar-refractivity contribution in [3.63, 3.8) is 0 Å². The van der Waals surface area contributed by atoms with Gasteiger partial charge in [-0.1, -0.05) is 48.0 Å². The first-order chi connectivity index (χ1) is 16.4. The normalized spacial score (nSPS) is 14.7. The second-order valence-corrected chi connectivity index (χ2v) is 9.93. The van der Waals surface area contributed by atoms with Crippen LogP contribution in [0, 0.1) is 6.92 Å². The highest BCUT2D eigenvalue weighted by atomic mass is 79.9. The van der Waals surface area contributed by atoms with Gasteiger partial charge in [0.1, 0.15) is 6.61 Å². The van der Waals surface area contributed by atoms with E-state index in [4.69, 9.17) is 21.1 Å². The maximum Gasteiger partial charge on any atom is 0.293 e. The fraction of sp³-hybridized carbons (Fsp3) is 0.154. The summed E-state index contributed by atoms with van der Waals surface area (Å²) in [5.41, 5.74) is 3.72. The molecule has 3 aromatic rings. The minimum atomic E-state index is -0.343. The van der Waals surface area contributed by atoms with Gasteiger partial charge in [0.05, 0.1) is 23.0 Å². The van der Waals surface area contributed by atoms with E-state index in [0.29, 0.717) is 38.1 Å². The molecule has 1 aliphatic rings. The lowest BCUT2D eigenvalue weighted by atomic mass is 10.1. The van der Waals surface area contributed by atoms with Crippen LogP contribution in [0.2, 0.25) is 5.02 Å². The molecule has 1 heterocycles. The number of rotatable bonds is 7. The number of carbonyl (C=O) groups is 2. The Labute approximate surface area is 215 Å². The monoisotopic (exact) mass is 557 g/mol. The maximum atomic E-state index is 12.9. The Bertz CT molecular complexity index is 1290. The molecule has 0 aromatic heterocycles. The topological polar surface area (TPSA) is 55.8 Å². The standard InChI is InChI=1S/C26H21BrClNO4S/c1-16-6-3-4-8-19(16)15-33-24-21(27)11-18(12-22(24)32-2)13-23-25(30)29(26(31)34-23)14-17-7-5-9-20(28)10-17/h3-13H,14-15H2,1-2H3/b23-13-. The molecule has 3 aromatic carbocycles. The number of halogens is 2. The highest BCUT2D eigenvalue weighted by Gasteiger charge is 2.35. The molecule has 0 bridgehead atoms. The quantitative estimate of drug-likeness (QED) is 0.286. The molecule has 1 aliphatic heterocycles. The van der Waals surface area contributed by atoms with Crippen molar-refractivity contribution in [3.05, 3.63) is 97.3 Å². The van der Waals surface area contributed by atoms with Gasteiger partial charge in [-0.05, 0) is 87.2 Å². The second-order valence-electron chi connectivity index (χ2n) is 7.65. The smallest absolute Gasteiger partial charge is 0.293 e. The van der Waals surface area contributed by atoms with E-state index in [2.05, 4.69) is 15.9 Å². The lowest BCUT2D eigenvalue weighted by Crippen LogP contribution is -2.27. The van der Waals surface area contributed by atoms with Crippen LogP contribution in [-0.4, -0.2) is 23.2 Å². The van der Waals surface area contributed by atoms with Crippen LogP contribution < -0.4 is 9.47 Å². The number of thioether (sulfide) groups is 1. The van der Waals surface area contributed by atoms with E-state index < -0.39 is 0 Å². The number of benzene rings is 3. The third-order valence-electron chi connectivity index (χ3n) is 5.29. The predicted molar refractivity (Wildman–Crippen MR) is 139 cm³/mol. The van der Waals surface area contributed by atoms with Gasteiger partial charge in [-0.3, -0.25) is 14.5 Å². The van der Waals surface area contributed by atoms with Crippen molar-refractivity contribution in [1.29, 1.82) is 0 Å². The maximum absolute atomic E-state index is 12.9. The number of aryl methyl sites for hydroxylation is 1. The van der Waals surface area contributed by atoms with Crippen molar-refractivity contribution in [1.82, 2.24) is 4.90 Å². The summed E-state index contributed by atoms with van der Waals surface area (Å²) in [6.07, 6.45) is 1.68. The SMILES string of the molecule is COc1cc(/C=C2\SC(=O)N(Cc3cccc(Cl)c3)C2=O)cc(Br)c1OCc1ccccc1C. The Morgan fingerprint density at radius 2 is 1.88 bits per heavy atom. The molecule has 4 rings (SSSR count). The molecule has 174 valence electrons. The van der Waals surface area contributed by atoms with Gasteiger partial charge in [0.2, 0.25) is 0 Å². The van der Waals surface area contributed by atoms with Crippen LogP contribution in [0.25, 0.3) is 6.08 Å².